The molecule has 6 nitrogen and oxygen atoms in total. The van der Waals surface area contributed by atoms with E-state index in [-0.39, 0.29) is 5.69 Å². The van der Waals surface area contributed by atoms with E-state index in [9.17, 15) is 10.1 Å². The SMILES string of the molecule is COc1ccc(Sc2cc(NN)cc([N+](=O)[O-])c2)cc1. The Morgan fingerprint density at radius 1 is 1.20 bits per heavy atom. The summed E-state index contributed by atoms with van der Waals surface area (Å²) >= 11 is 1.41. The molecule has 2 aromatic rings. The van der Waals surface area contributed by atoms with E-state index in [0.29, 0.717) is 5.69 Å². The summed E-state index contributed by atoms with van der Waals surface area (Å²) < 4.78 is 5.08. The lowest BCUT2D eigenvalue weighted by atomic mass is 10.3. The van der Waals surface area contributed by atoms with Crippen LogP contribution in [-0.4, -0.2) is 12.0 Å². The van der Waals surface area contributed by atoms with Crippen molar-refractivity contribution in [3.63, 3.8) is 0 Å². The van der Waals surface area contributed by atoms with Gasteiger partial charge in [0, 0.05) is 21.9 Å². The average molecular weight is 291 g/mol. The molecule has 0 aliphatic carbocycles. The number of rotatable bonds is 5. The molecule has 0 heterocycles. The van der Waals surface area contributed by atoms with Crippen molar-refractivity contribution >= 4 is 23.1 Å². The molecule has 3 N–H and O–H groups in total. The quantitative estimate of drug-likeness (QED) is 0.500. The summed E-state index contributed by atoms with van der Waals surface area (Å²) in [6, 6.07) is 12.1. The predicted molar refractivity (Wildman–Crippen MR) is 78.0 cm³/mol. The molecule has 0 atom stereocenters. The third-order valence-electron chi connectivity index (χ3n) is 2.56. The van der Waals surface area contributed by atoms with Gasteiger partial charge in [0.2, 0.25) is 0 Å². The van der Waals surface area contributed by atoms with Crippen molar-refractivity contribution in [2.45, 2.75) is 9.79 Å². The van der Waals surface area contributed by atoms with Gasteiger partial charge in [0.25, 0.3) is 5.69 Å². The fourth-order valence-corrected chi connectivity index (χ4v) is 2.52. The van der Waals surface area contributed by atoms with Crippen LogP contribution in [0, 0.1) is 10.1 Å². The van der Waals surface area contributed by atoms with Gasteiger partial charge in [-0.05, 0) is 30.3 Å². The lowest BCUT2D eigenvalue weighted by molar-refractivity contribution is -0.385. The third-order valence-corrected chi connectivity index (χ3v) is 3.54. The summed E-state index contributed by atoms with van der Waals surface area (Å²) in [6.45, 7) is 0. The number of non-ortho nitro benzene ring substituents is 1. The number of nitro benzene ring substituents is 1. The number of anilines is 1. The number of hydrazine groups is 1. The highest BCUT2D eigenvalue weighted by Gasteiger charge is 2.10. The highest BCUT2D eigenvalue weighted by atomic mass is 32.2. The molecule has 2 rings (SSSR count). The highest BCUT2D eigenvalue weighted by molar-refractivity contribution is 7.99. The molecule has 0 aromatic heterocycles. The molecule has 7 heteroatoms. The summed E-state index contributed by atoms with van der Waals surface area (Å²) in [6.07, 6.45) is 0. The van der Waals surface area contributed by atoms with Crippen LogP contribution in [-0.2, 0) is 0 Å². The molecule has 20 heavy (non-hydrogen) atoms. The Labute approximate surface area is 120 Å². The molecule has 0 radical (unpaired) electrons. The molecule has 2 aromatic carbocycles. The minimum absolute atomic E-state index is 0.00328. The van der Waals surface area contributed by atoms with Crippen LogP contribution in [0.4, 0.5) is 11.4 Å². The molecule has 0 aliphatic heterocycles. The van der Waals surface area contributed by atoms with Gasteiger partial charge in [0.15, 0.2) is 0 Å². The third kappa shape index (κ3) is 3.40. The number of ether oxygens (including phenoxy) is 1. The number of hydrogen-bond acceptors (Lipinski definition) is 6. The van der Waals surface area contributed by atoms with Crippen LogP contribution >= 0.6 is 11.8 Å². The van der Waals surface area contributed by atoms with E-state index in [1.165, 1.54) is 23.9 Å². The maximum absolute atomic E-state index is 10.9. The summed E-state index contributed by atoms with van der Waals surface area (Å²) in [5.41, 5.74) is 2.92. The highest BCUT2D eigenvalue weighted by Crippen LogP contribution is 2.33. The second-order valence-corrected chi connectivity index (χ2v) is 5.04. The second-order valence-electron chi connectivity index (χ2n) is 3.89. The van der Waals surface area contributed by atoms with Gasteiger partial charge in [0.1, 0.15) is 5.75 Å². The molecule has 0 bridgehead atoms. The average Bonchev–Trinajstić information content (AvgIpc) is 2.47. The number of nitro groups is 1. The van der Waals surface area contributed by atoms with Gasteiger partial charge in [-0.3, -0.25) is 16.0 Å². The van der Waals surface area contributed by atoms with Crippen LogP contribution in [0.15, 0.2) is 52.3 Å². The van der Waals surface area contributed by atoms with Crippen LogP contribution in [0.25, 0.3) is 0 Å². The second kappa shape index (κ2) is 6.27. The number of nitrogens with one attached hydrogen (secondary N) is 1. The minimum Gasteiger partial charge on any atom is -0.497 e. The number of nitrogens with two attached hydrogens (primary N) is 1. The summed E-state index contributed by atoms with van der Waals surface area (Å²) in [7, 11) is 1.60. The molecular weight excluding hydrogens is 278 g/mol. The summed E-state index contributed by atoms with van der Waals surface area (Å²) in [5, 5.41) is 10.9. The van der Waals surface area contributed by atoms with E-state index in [0.717, 1.165) is 15.5 Å². The lowest BCUT2D eigenvalue weighted by Crippen LogP contribution is -2.07. The van der Waals surface area contributed by atoms with Crippen LogP contribution < -0.4 is 16.0 Å². The molecular formula is C13H13N3O3S. The molecule has 0 spiro atoms. The van der Waals surface area contributed by atoms with Gasteiger partial charge >= 0.3 is 0 Å². The molecule has 0 aliphatic rings. The molecule has 0 unspecified atom stereocenters. The van der Waals surface area contributed by atoms with Crippen LogP contribution in [0.1, 0.15) is 0 Å². The molecule has 0 fully saturated rings. The number of nitrogen functional groups attached to an aromatic ring is 1. The van der Waals surface area contributed by atoms with Crippen molar-refractivity contribution in [3.8, 4) is 5.75 Å². The van der Waals surface area contributed by atoms with Gasteiger partial charge < -0.3 is 10.2 Å². The number of benzene rings is 2. The van der Waals surface area contributed by atoms with Crippen LogP contribution in [0.3, 0.4) is 0 Å². The zero-order valence-corrected chi connectivity index (χ0v) is 11.5. The van der Waals surface area contributed by atoms with E-state index in [1.807, 2.05) is 24.3 Å². The number of hydrogen-bond donors (Lipinski definition) is 2. The fraction of sp³-hybridized carbons (Fsp3) is 0.0769. The van der Waals surface area contributed by atoms with Crippen molar-refractivity contribution < 1.29 is 9.66 Å². The maximum atomic E-state index is 10.9. The van der Waals surface area contributed by atoms with E-state index < -0.39 is 4.92 Å². The molecule has 0 saturated heterocycles. The minimum atomic E-state index is -0.446. The topological polar surface area (TPSA) is 90.4 Å². The molecule has 104 valence electrons. The number of methoxy groups -OCH3 is 1. The van der Waals surface area contributed by atoms with E-state index >= 15 is 0 Å². The van der Waals surface area contributed by atoms with Gasteiger partial charge in [-0.25, -0.2) is 0 Å². The maximum Gasteiger partial charge on any atom is 0.272 e. The first-order chi connectivity index (χ1) is 9.62. The molecule has 0 saturated carbocycles. The van der Waals surface area contributed by atoms with E-state index in [4.69, 9.17) is 10.6 Å². The Bertz CT molecular complexity index is 617. The normalized spacial score (nSPS) is 10.1. The van der Waals surface area contributed by atoms with Crippen molar-refractivity contribution in [3.05, 3.63) is 52.6 Å². The van der Waals surface area contributed by atoms with Gasteiger partial charge in [-0.15, -0.1) is 0 Å². The summed E-state index contributed by atoms with van der Waals surface area (Å²) in [4.78, 5) is 12.1. The first-order valence-corrected chi connectivity index (χ1v) is 6.52. The lowest BCUT2D eigenvalue weighted by Gasteiger charge is -2.06. The van der Waals surface area contributed by atoms with Gasteiger partial charge in [-0.1, -0.05) is 11.8 Å². The Morgan fingerprint density at radius 3 is 2.45 bits per heavy atom. The zero-order chi connectivity index (χ0) is 14.5. The number of nitrogens with zero attached hydrogens (tertiary/aromatic N) is 1. The van der Waals surface area contributed by atoms with Gasteiger partial charge in [0.05, 0.1) is 17.7 Å². The fourth-order valence-electron chi connectivity index (χ4n) is 1.61. The van der Waals surface area contributed by atoms with Crippen molar-refractivity contribution in [1.82, 2.24) is 0 Å². The Hall–Kier alpha value is -2.25. The van der Waals surface area contributed by atoms with Crippen molar-refractivity contribution in [2.24, 2.45) is 5.84 Å². The van der Waals surface area contributed by atoms with Crippen molar-refractivity contribution in [2.75, 3.05) is 12.5 Å². The standard InChI is InChI=1S/C13H13N3O3S/c1-19-11-2-4-12(5-3-11)20-13-7-9(15-14)6-10(8-13)16(17)18/h2-8,15H,14H2,1H3. The Morgan fingerprint density at radius 2 is 1.90 bits per heavy atom. The van der Waals surface area contributed by atoms with E-state index in [2.05, 4.69) is 5.43 Å². The van der Waals surface area contributed by atoms with E-state index in [1.54, 1.807) is 13.2 Å². The monoisotopic (exact) mass is 291 g/mol. The predicted octanol–water partition coefficient (Wildman–Crippen LogP) is 3.04. The summed E-state index contributed by atoms with van der Waals surface area (Å²) in [5.74, 6) is 6.08. The van der Waals surface area contributed by atoms with Crippen LogP contribution in [0.5, 0.6) is 5.75 Å². The first-order valence-electron chi connectivity index (χ1n) is 5.70. The zero-order valence-electron chi connectivity index (χ0n) is 10.7. The van der Waals surface area contributed by atoms with Crippen molar-refractivity contribution in [1.29, 1.82) is 0 Å². The Balaban J connectivity index is 2.27. The largest absolute Gasteiger partial charge is 0.497 e. The van der Waals surface area contributed by atoms with Crippen LogP contribution in [0.2, 0.25) is 0 Å². The molecule has 0 amide bonds. The smallest absolute Gasteiger partial charge is 0.272 e. The van der Waals surface area contributed by atoms with Gasteiger partial charge in [-0.2, -0.15) is 0 Å². The Kier molecular flexibility index (Phi) is 4.44. The first kappa shape index (κ1) is 14.2.